The molecule has 2 aromatic heterocycles. The monoisotopic (exact) mass is 385 g/mol. The van der Waals surface area contributed by atoms with E-state index >= 15 is 0 Å². The van der Waals surface area contributed by atoms with Crippen molar-refractivity contribution in [1.82, 2.24) is 14.6 Å². The van der Waals surface area contributed by atoms with E-state index in [1.54, 1.807) is 11.6 Å². The van der Waals surface area contributed by atoms with E-state index in [-0.39, 0.29) is 5.56 Å². The fraction of sp³-hybridized carbons (Fsp3) is 0.250. The lowest BCUT2D eigenvalue weighted by Crippen LogP contribution is -2.25. The molecule has 5 rings (SSSR count). The summed E-state index contributed by atoms with van der Waals surface area (Å²) in [5.74, 6) is 0.833. The number of hydrogen-bond donors (Lipinski definition) is 1. The molecule has 1 N–H and O–H groups in total. The van der Waals surface area contributed by atoms with E-state index in [1.165, 1.54) is 0 Å². The number of aryl methyl sites for hydroxylation is 1. The summed E-state index contributed by atoms with van der Waals surface area (Å²) in [5.41, 5.74) is 6.82. The van der Waals surface area contributed by atoms with Crippen molar-refractivity contribution in [3.05, 3.63) is 87.5 Å². The number of aromatic nitrogens is 3. The molecule has 0 aliphatic heterocycles. The highest BCUT2D eigenvalue weighted by molar-refractivity contribution is 5.80. The van der Waals surface area contributed by atoms with Gasteiger partial charge in [-0.2, -0.15) is 0 Å². The fourth-order valence-corrected chi connectivity index (χ4v) is 4.23. The van der Waals surface area contributed by atoms with Gasteiger partial charge in [-0.15, -0.1) is 0 Å². The van der Waals surface area contributed by atoms with Crippen molar-refractivity contribution in [2.45, 2.75) is 32.1 Å². The van der Waals surface area contributed by atoms with Crippen molar-refractivity contribution in [2.24, 2.45) is 0 Å². The lowest BCUT2D eigenvalue weighted by atomic mass is 9.97. The topological polar surface area (TPSA) is 59.4 Å². The zero-order valence-corrected chi connectivity index (χ0v) is 16.4. The van der Waals surface area contributed by atoms with Crippen LogP contribution < -0.4 is 10.3 Å². The van der Waals surface area contributed by atoms with Crippen LogP contribution in [0.5, 0.6) is 5.75 Å². The van der Waals surface area contributed by atoms with Crippen molar-refractivity contribution < 1.29 is 4.74 Å². The molecular weight excluding hydrogens is 362 g/mol. The van der Waals surface area contributed by atoms with Gasteiger partial charge in [-0.3, -0.25) is 9.89 Å². The highest BCUT2D eigenvalue weighted by Gasteiger charge is 2.22. The molecule has 0 saturated carbocycles. The molecule has 146 valence electrons. The van der Waals surface area contributed by atoms with Crippen LogP contribution in [0, 0.1) is 0 Å². The smallest absolute Gasteiger partial charge is 0.276 e. The van der Waals surface area contributed by atoms with E-state index < -0.39 is 0 Å². The van der Waals surface area contributed by atoms with Gasteiger partial charge in [0.1, 0.15) is 5.75 Å². The zero-order valence-electron chi connectivity index (χ0n) is 16.4. The number of ether oxygens (including phenoxy) is 1. The van der Waals surface area contributed by atoms with E-state index in [4.69, 9.17) is 9.72 Å². The van der Waals surface area contributed by atoms with Gasteiger partial charge in [-0.05, 0) is 48.9 Å². The predicted molar refractivity (Wildman–Crippen MR) is 114 cm³/mol. The molecule has 0 spiro atoms. The quantitative estimate of drug-likeness (QED) is 0.574. The summed E-state index contributed by atoms with van der Waals surface area (Å²) in [7, 11) is 1.67. The van der Waals surface area contributed by atoms with E-state index in [2.05, 4.69) is 29.4 Å². The number of H-pyrrole nitrogens is 1. The zero-order chi connectivity index (χ0) is 19.8. The van der Waals surface area contributed by atoms with Gasteiger partial charge >= 0.3 is 0 Å². The third-order valence-electron chi connectivity index (χ3n) is 5.73. The van der Waals surface area contributed by atoms with Gasteiger partial charge in [0.05, 0.1) is 12.8 Å². The van der Waals surface area contributed by atoms with Crippen molar-refractivity contribution in [3.8, 4) is 16.9 Å². The molecule has 0 unspecified atom stereocenters. The molecule has 4 aromatic rings. The maximum atomic E-state index is 13.2. The van der Waals surface area contributed by atoms with Gasteiger partial charge in [-0.25, -0.2) is 9.50 Å². The lowest BCUT2D eigenvalue weighted by molar-refractivity contribution is 0.414. The summed E-state index contributed by atoms with van der Waals surface area (Å²) in [6.45, 7) is 0. The van der Waals surface area contributed by atoms with Crippen LogP contribution in [0.15, 0.2) is 59.4 Å². The molecule has 5 nitrogen and oxygen atoms in total. The maximum absolute atomic E-state index is 13.2. The van der Waals surface area contributed by atoms with Crippen LogP contribution >= 0.6 is 0 Å². The van der Waals surface area contributed by atoms with Gasteiger partial charge in [0.15, 0.2) is 5.65 Å². The third kappa shape index (κ3) is 3.12. The van der Waals surface area contributed by atoms with Gasteiger partial charge in [0.2, 0.25) is 0 Å². The Morgan fingerprint density at radius 3 is 2.55 bits per heavy atom. The average Bonchev–Trinajstić information content (AvgIpc) is 3.13. The Balaban J connectivity index is 1.71. The summed E-state index contributed by atoms with van der Waals surface area (Å²) >= 11 is 0. The minimum Gasteiger partial charge on any atom is -0.497 e. The Labute approximate surface area is 169 Å². The predicted octanol–water partition coefficient (Wildman–Crippen LogP) is 4.17. The molecule has 5 heteroatoms. The van der Waals surface area contributed by atoms with Crippen LogP contribution in [0.1, 0.15) is 35.4 Å². The molecule has 1 aliphatic rings. The molecule has 0 fully saturated rings. The molecule has 0 atom stereocenters. The second-order valence-corrected chi connectivity index (χ2v) is 7.56. The second kappa shape index (κ2) is 7.24. The normalized spacial score (nSPS) is 13.4. The minimum absolute atomic E-state index is 0.0443. The molecule has 2 aromatic carbocycles. The summed E-state index contributed by atoms with van der Waals surface area (Å²) < 4.78 is 6.91. The molecule has 0 bridgehead atoms. The number of aromatic amines is 1. The van der Waals surface area contributed by atoms with Crippen molar-refractivity contribution in [1.29, 1.82) is 0 Å². The Morgan fingerprint density at radius 1 is 1.03 bits per heavy atom. The first-order chi connectivity index (χ1) is 14.2. The standard InChI is InChI=1S/C24H23N3O2/c1-29-18-13-11-16(12-14-18)15-21-22(17-7-3-2-4-8-17)23-25-20-10-6-5-9-19(20)24(28)27(23)26-21/h2-4,7-8,11-14,26H,5-6,9-10,15H2,1H3. The minimum atomic E-state index is 0.0443. The van der Waals surface area contributed by atoms with E-state index in [1.807, 2.05) is 30.3 Å². The molecule has 0 amide bonds. The number of methoxy groups -OCH3 is 1. The van der Waals surface area contributed by atoms with Crippen molar-refractivity contribution in [3.63, 3.8) is 0 Å². The first-order valence-electron chi connectivity index (χ1n) is 10.1. The Bertz CT molecular complexity index is 1220. The van der Waals surface area contributed by atoms with Crippen LogP contribution in [0.25, 0.3) is 16.8 Å². The number of benzene rings is 2. The molecular formula is C24H23N3O2. The molecule has 0 saturated heterocycles. The van der Waals surface area contributed by atoms with E-state index in [9.17, 15) is 4.79 Å². The van der Waals surface area contributed by atoms with Crippen molar-refractivity contribution >= 4 is 5.65 Å². The number of fused-ring (bicyclic) bond motifs is 2. The fourth-order valence-electron chi connectivity index (χ4n) is 4.23. The molecule has 1 aliphatic carbocycles. The summed E-state index contributed by atoms with van der Waals surface area (Å²) in [6, 6.07) is 18.2. The number of nitrogens with zero attached hydrogens (tertiary/aromatic N) is 2. The van der Waals surface area contributed by atoms with Crippen LogP contribution in [-0.2, 0) is 19.3 Å². The van der Waals surface area contributed by atoms with Gasteiger partial charge < -0.3 is 4.74 Å². The Morgan fingerprint density at radius 2 is 1.79 bits per heavy atom. The second-order valence-electron chi connectivity index (χ2n) is 7.56. The summed E-state index contributed by atoms with van der Waals surface area (Å²) in [5, 5.41) is 3.37. The van der Waals surface area contributed by atoms with Crippen LogP contribution in [0.4, 0.5) is 0 Å². The highest BCUT2D eigenvalue weighted by atomic mass is 16.5. The summed E-state index contributed by atoms with van der Waals surface area (Å²) in [6.07, 6.45) is 4.54. The first-order valence-corrected chi connectivity index (χ1v) is 10.1. The summed E-state index contributed by atoms with van der Waals surface area (Å²) in [4.78, 5) is 18.1. The molecule has 0 radical (unpaired) electrons. The molecule has 2 heterocycles. The van der Waals surface area contributed by atoms with Crippen LogP contribution in [-0.4, -0.2) is 21.7 Å². The van der Waals surface area contributed by atoms with Crippen LogP contribution in [0.2, 0.25) is 0 Å². The van der Waals surface area contributed by atoms with Crippen LogP contribution in [0.3, 0.4) is 0 Å². The third-order valence-corrected chi connectivity index (χ3v) is 5.73. The Hall–Kier alpha value is -3.34. The Kier molecular flexibility index (Phi) is 4.43. The average molecular weight is 385 g/mol. The highest BCUT2D eigenvalue weighted by Crippen LogP contribution is 2.30. The van der Waals surface area contributed by atoms with E-state index in [0.717, 1.165) is 70.7 Å². The maximum Gasteiger partial charge on any atom is 0.276 e. The number of rotatable bonds is 4. The van der Waals surface area contributed by atoms with E-state index in [0.29, 0.717) is 6.42 Å². The largest absolute Gasteiger partial charge is 0.497 e. The number of hydrogen-bond acceptors (Lipinski definition) is 3. The van der Waals surface area contributed by atoms with Gasteiger partial charge in [0.25, 0.3) is 5.56 Å². The van der Waals surface area contributed by atoms with Gasteiger partial charge in [0, 0.05) is 23.2 Å². The first kappa shape index (κ1) is 17.7. The molecule has 29 heavy (non-hydrogen) atoms. The lowest BCUT2D eigenvalue weighted by Gasteiger charge is -2.13. The van der Waals surface area contributed by atoms with Crippen molar-refractivity contribution in [2.75, 3.05) is 7.11 Å². The SMILES string of the molecule is COc1ccc(Cc2[nH]n3c(=O)c4c(nc3c2-c2ccccc2)CCCC4)cc1. The number of nitrogens with one attached hydrogen (secondary N) is 1. The van der Waals surface area contributed by atoms with Gasteiger partial charge in [-0.1, -0.05) is 42.5 Å².